The van der Waals surface area contributed by atoms with Gasteiger partial charge in [0.15, 0.2) is 0 Å². The van der Waals surface area contributed by atoms with Gasteiger partial charge in [0, 0.05) is 23.9 Å². The first kappa shape index (κ1) is 20.3. The normalized spacial score (nSPS) is 15.1. The number of aliphatic carboxylic acids is 1. The van der Waals surface area contributed by atoms with Gasteiger partial charge in [0.05, 0.1) is 5.69 Å². The molecule has 0 spiro atoms. The third-order valence-electron chi connectivity index (χ3n) is 6.48. The summed E-state index contributed by atoms with van der Waals surface area (Å²) in [6.07, 6.45) is 8.13. The highest BCUT2D eigenvalue weighted by Gasteiger charge is 2.26. The summed E-state index contributed by atoms with van der Waals surface area (Å²) in [6, 6.07) is 10.2. The molecule has 1 atom stereocenters. The van der Waals surface area contributed by atoms with E-state index >= 15 is 0 Å². The van der Waals surface area contributed by atoms with Gasteiger partial charge >= 0.3 is 12.0 Å². The van der Waals surface area contributed by atoms with E-state index in [1.165, 1.54) is 22.3 Å². The molecule has 5 rings (SSSR count). The van der Waals surface area contributed by atoms with Crippen molar-refractivity contribution in [1.29, 1.82) is 0 Å². The number of anilines is 1. The van der Waals surface area contributed by atoms with Crippen LogP contribution >= 0.6 is 0 Å². The number of hydrogen-bond donors (Lipinski definition) is 4. The van der Waals surface area contributed by atoms with Gasteiger partial charge in [-0.25, -0.2) is 9.59 Å². The lowest BCUT2D eigenvalue weighted by Crippen LogP contribution is -2.44. The van der Waals surface area contributed by atoms with Crippen molar-refractivity contribution < 1.29 is 14.7 Å². The Morgan fingerprint density at radius 2 is 1.78 bits per heavy atom. The van der Waals surface area contributed by atoms with Crippen molar-refractivity contribution in [1.82, 2.24) is 15.5 Å². The number of aryl methyl sites for hydroxylation is 2. The van der Waals surface area contributed by atoms with Crippen LogP contribution < -0.4 is 10.6 Å². The largest absolute Gasteiger partial charge is 0.480 e. The molecule has 4 N–H and O–H groups in total. The van der Waals surface area contributed by atoms with Crippen LogP contribution in [-0.2, 0) is 36.9 Å². The average molecular weight is 431 g/mol. The van der Waals surface area contributed by atoms with Crippen LogP contribution in [0.1, 0.15) is 40.7 Å². The highest BCUT2D eigenvalue weighted by Crippen LogP contribution is 2.38. The SMILES string of the molecule is O=C(Nc1c2c(cc3c1CCC3)CCC2)N[C@H](Cc1cccc(-c2cc[nH]n2)c1)C(=O)O. The Morgan fingerprint density at radius 3 is 2.44 bits per heavy atom. The maximum atomic E-state index is 12.9. The molecule has 2 aromatic carbocycles. The van der Waals surface area contributed by atoms with Crippen molar-refractivity contribution in [3.63, 3.8) is 0 Å². The number of carboxylic acids is 1. The minimum absolute atomic E-state index is 0.187. The van der Waals surface area contributed by atoms with E-state index in [9.17, 15) is 14.7 Å². The van der Waals surface area contributed by atoms with E-state index in [4.69, 9.17) is 0 Å². The number of nitrogens with zero attached hydrogens (tertiary/aromatic N) is 1. The number of aromatic nitrogens is 2. The lowest BCUT2D eigenvalue weighted by molar-refractivity contribution is -0.139. The zero-order valence-corrected chi connectivity index (χ0v) is 17.8. The van der Waals surface area contributed by atoms with Crippen LogP contribution in [0.15, 0.2) is 42.6 Å². The number of nitrogens with one attached hydrogen (secondary N) is 3. The van der Waals surface area contributed by atoms with Gasteiger partial charge in [0.2, 0.25) is 0 Å². The van der Waals surface area contributed by atoms with Crippen molar-refractivity contribution in [3.05, 3.63) is 70.4 Å². The van der Waals surface area contributed by atoms with Crippen molar-refractivity contribution in [2.24, 2.45) is 0 Å². The number of hydrogen-bond acceptors (Lipinski definition) is 3. The lowest BCUT2D eigenvalue weighted by atomic mass is 9.99. The number of amides is 2. The van der Waals surface area contributed by atoms with Crippen LogP contribution in [0.25, 0.3) is 11.3 Å². The summed E-state index contributed by atoms with van der Waals surface area (Å²) in [4.78, 5) is 24.8. The molecule has 1 aromatic heterocycles. The summed E-state index contributed by atoms with van der Waals surface area (Å²) in [5.41, 5.74) is 8.51. The van der Waals surface area contributed by atoms with E-state index < -0.39 is 18.0 Å². The first-order chi connectivity index (χ1) is 15.6. The summed E-state index contributed by atoms with van der Waals surface area (Å²) in [6.45, 7) is 0. The second-order valence-corrected chi connectivity index (χ2v) is 8.59. The fourth-order valence-corrected chi connectivity index (χ4v) is 4.99. The molecule has 0 saturated heterocycles. The molecule has 0 radical (unpaired) electrons. The predicted molar refractivity (Wildman–Crippen MR) is 122 cm³/mol. The van der Waals surface area contributed by atoms with Crippen LogP contribution in [0.4, 0.5) is 10.5 Å². The van der Waals surface area contributed by atoms with Gasteiger partial charge in [-0.3, -0.25) is 5.10 Å². The molecule has 0 saturated carbocycles. The third-order valence-corrected chi connectivity index (χ3v) is 6.48. The van der Waals surface area contributed by atoms with Crippen molar-refractivity contribution in [3.8, 4) is 11.3 Å². The van der Waals surface area contributed by atoms with Gasteiger partial charge in [-0.05, 0) is 78.5 Å². The van der Waals surface area contributed by atoms with E-state index in [1.54, 1.807) is 6.20 Å². The number of urea groups is 1. The van der Waals surface area contributed by atoms with E-state index in [-0.39, 0.29) is 6.42 Å². The Morgan fingerprint density at radius 1 is 1.03 bits per heavy atom. The highest BCUT2D eigenvalue weighted by atomic mass is 16.4. The number of rotatable bonds is 6. The topological polar surface area (TPSA) is 107 Å². The number of fused-ring (bicyclic) bond motifs is 2. The summed E-state index contributed by atoms with van der Waals surface area (Å²) in [5.74, 6) is -1.06. The monoisotopic (exact) mass is 430 g/mol. The number of aromatic amines is 1. The van der Waals surface area contributed by atoms with Crippen LogP contribution in [-0.4, -0.2) is 33.3 Å². The molecule has 0 fully saturated rings. The molecular weight excluding hydrogens is 404 g/mol. The Hall–Kier alpha value is -3.61. The van der Waals surface area contributed by atoms with Crippen molar-refractivity contribution >= 4 is 17.7 Å². The number of H-pyrrole nitrogens is 1. The predicted octanol–water partition coefficient (Wildman–Crippen LogP) is 3.87. The second-order valence-electron chi connectivity index (χ2n) is 8.59. The fraction of sp³-hybridized carbons (Fsp3) is 0.320. The maximum absolute atomic E-state index is 12.9. The zero-order chi connectivity index (χ0) is 22.1. The Kier molecular flexibility index (Phi) is 5.39. The zero-order valence-electron chi connectivity index (χ0n) is 17.8. The van der Waals surface area contributed by atoms with Gasteiger partial charge in [-0.1, -0.05) is 24.3 Å². The molecule has 2 amide bonds. The summed E-state index contributed by atoms with van der Waals surface area (Å²) in [5, 5.41) is 22.4. The lowest BCUT2D eigenvalue weighted by Gasteiger charge is -2.19. The minimum Gasteiger partial charge on any atom is -0.480 e. The standard InChI is InChI=1S/C25H26N4O3/c30-24(31)22(13-15-4-1-7-18(12-15)21-10-11-26-29-21)27-25(32)28-23-19-8-2-5-16(19)14-17-6-3-9-20(17)23/h1,4,7,10-12,14,22H,2-3,5-6,8-9,13H2,(H,26,29)(H,30,31)(H2,27,28,32)/t22-/m1/s1. The maximum Gasteiger partial charge on any atom is 0.326 e. The summed E-state index contributed by atoms with van der Waals surface area (Å²) >= 11 is 0. The molecular formula is C25H26N4O3. The molecule has 3 aromatic rings. The van der Waals surface area contributed by atoms with Gasteiger partial charge in [-0.15, -0.1) is 0 Å². The van der Waals surface area contributed by atoms with Crippen LogP contribution in [0.2, 0.25) is 0 Å². The highest BCUT2D eigenvalue weighted by molar-refractivity contribution is 5.94. The molecule has 0 bridgehead atoms. The number of carbonyl (C=O) groups is 2. The smallest absolute Gasteiger partial charge is 0.326 e. The van der Waals surface area contributed by atoms with Gasteiger partial charge in [0.25, 0.3) is 0 Å². The van der Waals surface area contributed by atoms with E-state index in [0.29, 0.717) is 0 Å². The number of carbonyl (C=O) groups excluding carboxylic acids is 1. The van der Waals surface area contributed by atoms with Crippen molar-refractivity contribution in [2.45, 2.75) is 51.0 Å². The Balaban J connectivity index is 1.32. The van der Waals surface area contributed by atoms with E-state index in [2.05, 4.69) is 26.9 Å². The molecule has 2 aliphatic rings. The molecule has 2 aliphatic carbocycles. The summed E-state index contributed by atoms with van der Waals surface area (Å²) in [7, 11) is 0. The molecule has 7 heteroatoms. The van der Waals surface area contributed by atoms with E-state index in [1.807, 2.05) is 30.3 Å². The van der Waals surface area contributed by atoms with E-state index in [0.717, 1.165) is 61.0 Å². The van der Waals surface area contributed by atoms with Gasteiger partial charge < -0.3 is 15.7 Å². The molecule has 7 nitrogen and oxygen atoms in total. The quantitative estimate of drug-likeness (QED) is 0.476. The first-order valence-electron chi connectivity index (χ1n) is 11.1. The second kappa shape index (κ2) is 8.49. The molecule has 0 aliphatic heterocycles. The summed E-state index contributed by atoms with van der Waals surface area (Å²) < 4.78 is 0. The minimum atomic E-state index is -1.06. The van der Waals surface area contributed by atoms with Crippen LogP contribution in [0.3, 0.4) is 0 Å². The Bertz CT molecular complexity index is 1140. The van der Waals surface area contributed by atoms with Crippen LogP contribution in [0.5, 0.6) is 0 Å². The Labute approximate surface area is 186 Å². The average Bonchev–Trinajstić information content (AvgIpc) is 3.54. The third kappa shape index (κ3) is 3.98. The first-order valence-corrected chi connectivity index (χ1v) is 11.1. The molecule has 0 unspecified atom stereocenters. The molecule has 32 heavy (non-hydrogen) atoms. The van der Waals surface area contributed by atoms with Crippen molar-refractivity contribution in [2.75, 3.05) is 5.32 Å². The van der Waals surface area contributed by atoms with Gasteiger partial charge in [-0.2, -0.15) is 5.10 Å². The molecule has 1 heterocycles. The van der Waals surface area contributed by atoms with Gasteiger partial charge in [0.1, 0.15) is 6.04 Å². The van der Waals surface area contributed by atoms with Crippen LogP contribution in [0, 0.1) is 0 Å². The fourth-order valence-electron chi connectivity index (χ4n) is 4.99. The number of carboxylic acid groups (broad SMARTS) is 1. The molecule has 164 valence electrons. The number of benzene rings is 2.